The van der Waals surface area contributed by atoms with Crippen molar-refractivity contribution in [2.75, 3.05) is 0 Å². The van der Waals surface area contributed by atoms with Crippen LogP contribution in [0.2, 0.25) is 0 Å². The zero-order chi connectivity index (χ0) is 16.4. The molecule has 3 saturated carbocycles. The summed E-state index contributed by atoms with van der Waals surface area (Å²) < 4.78 is 5.69. The molecule has 1 aliphatic heterocycles. The molecule has 0 amide bonds. The van der Waals surface area contributed by atoms with Crippen LogP contribution in [0.1, 0.15) is 58.8 Å². The van der Waals surface area contributed by atoms with Gasteiger partial charge in [0.25, 0.3) is 0 Å². The van der Waals surface area contributed by atoms with E-state index in [-0.39, 0.29) is 34.9 Å². The van der Waals surface area contributed by atoms with Crippen LogP contribution in [0.25, 0.3) is 0 Å². The lowest BCUT2D eigenvalue weighted by molar-refractivity contribution is -0.144. The quantitative estimate of drug-likeness (QED) is 0.767. The second kappa shape index (κ2) is 5.27. The highest BCUT2D eigenvalue weighted by atomic mass is 16.6. The van der Waals surface area contributed by atoms with Crippen LogP contribution in [0.4, 0.5) is 0 Å². The number of carbonyl (C=O) groups is 1. The molecule has 9 atom stereocenters. The van der Waals surface area contributed by atoms with Crippen LogP contribution in [0.5, 0.6) is 0 Å². The third-order valence-corrected chi connectivity index (χ3v) is 8.33. The van der Waals surface area contributed by atoms with Gasteiger partial charge in [-0.1, -0.05) is 13.8 Å². The SMILES string of the molecule is C[C@]1([C@H]2CC[C@]3(C)[C@@H](O)CC[C@H]3[C@@H]2C=O)CC[C@H]2C[C@@H]1C(O)O2. The van der Waals surface area contributed by atoms with E-state index < -0.39 is 6.29 Å². The van der Waals surface area contributed by atoms with Crippen molar-refractivity contribution in [3.05, 3.63) is 0 Å². The highest BCUT2D eigenvalue weighted by molar-refractivity contribution is 5.56. The van der Waals surface area contributed by atoms with Gasteiger partial charge in [0.15, 0.2) is 6.29 Å². The molecule has 3 aliphatic carbocycles. The molecule has 23 heavy (non-hydrogen) atoms. The van der Waals surface area contributed by atoms with Gasteiger partial charge in [-0.3, -0.25) is 0 Å². The van der Waals surface area contributed by atoms with Gasteiger partial charge < -0.3 is 19.7 Å². The molecular weight excluding hydrogens is 292 g/mol. The molecule has 130 valence electrons. The summed E-state index contributed by atoms with van der Waals surface area (Å²) in [6.45, 7) is 4.45. The van der Waals surface area contributed by atoms with Crippen molar-refractivity contribution in [1.29, 1.82) is 0 Å². The van der Waals surface area contributed by atoms with Gasteiger partial charge in [-0.05, 0) is 67.6 Å². The van der Waals surface area contributed by atoms with Gasteiger partial charge in [-0.15, -0.1) is 0 Å². The number of fused-ring (bicyclic) bond motifs is 3. The van der Waals surface area contributed by atoms with Gasteiger partial charge in [-0.25, -0.2) is 0 Å². The fraction of sp³-hybridized carbons (Fsp3) is 0.947. The molecule has 4 heteroatoms. The van der Waals surface area contributed by atoms with Crippen molar-refractivity contribution in [3.8, 4) is 0 Å². The molecule has 1 heterocycles. The molecule has 4 rings (SSSR count). The molecule has 1 unspecified atom stereocenters. The van der Waals surface area contributed by atoms with Crippen LogP contribution >= 0.6 is 0 Å². The topological polar surface area (TPSA) is 66.8 Å². The summed E-state index contributed by atoms with van der Waals surface area (Å²) in [5.74, 6) is 0.776. The van der Waals surface area contributed by atoms with Gasteiger partial charge in [-0.2, -0.15) is 0 Å². The highest BCUT2D eigenvalue weighted by Crippen LogP contribution is 2.63. The molecule has 2 bridgehead atoms. The van der Waals surface area contributed by atoms with Crippen molar-refractivity contribution in [3.63, 3.8) is 0 Å². The number of carbonyl (C=O) groups excluding carboxylic acids is 1. The van der Waals surface area contributed by atoms with Crippen molar-refractivity contribution in [1.82, 2.24) is 0 Å². The lowest BCUT2D eigenvalue weighted by Gasteiger charge is -2.54. The monoisotopic (exact) mass is 322 g/mol. The molecule has 4 fully saturated rings. The van der Waals surface area contributed by atoms with E-state index in [1.807, 2.05) is 0 Å². The Morgan fingerprint density at radius 3 is 2.39 bits per heavy atom. The molecule has 0 aromatic rings. The first kappa shape index (κ1) is 16.0. The number of hydrogen-bond donors (Lipinski definition) is 2. The van der Waals surface area contributed by atoms with Crippen LogP contribution in [-0.2, 0) is 9.53 Å². The Kier molecular flexibility index (Phi) is 3.68. The molecule has 0 spiro atoms. The van der Waals surface area contributed by atoms with Crippen LogP contribution in [-0.4, -0.2) is 35.0 Å². The van der Waals surface area contributed by atoms with Crippen molar-refractivity contribution in [2.24, 2.45) is 34.5 Å². The number of aliphatic hydroxyl groups is 2. The number of aldehydes is 1. The Morgan fingerprint density at radius 1 is 0.957 bits per heavy atom. The minimum Gasteiger partial charge on any atom is -0.393 e. The Bertz CT molecular complexity index is 494. The smallest absolute Gasteiger partial charge is 0.158 e. The van der Waals surface area contributed by atoms with Crippen molar-refractivity contribution >= 4 is 6.29 Å². The van der Waals surface area contributed by atoms with Gasteiger partial charge in [0.05, 0.1) is 12.2 Å². The summed E-state index contributed by atoms with van der Waals surface area (Å²) >= 11 is 0. The molecule has 1 saturated heterocycles. The standard InChI is InChI=1S/C19H30O4/c1-18(7-5-11-9-15(18)17(22)23-11)14-6-8-19(2)13(12(14)10-20)3-4-16(19)21/h10-17,21-22H,3-9H2,1-2H3/t11-,12-,13-,14-,15+,16-,17?,18+,19-/m0/s1. The van der Waals surface area contributed by atoms with Crippen molar-refractivity contribution in [2.45, 2.75) is 77.3 Å². The number of ether oxygens (including phenoxy) is 1. The van der Waals surface area contributed by atoms with E-state index in [0.29, 0.717) is 11.8 Å². The lowest BCUT2D eigenvalue weighted by Crippen LogP contribution is -2.52. The summed E-state index contributed by atoms with van der Waals surface area (Å²) in [4.78, 5) is 12.1. The maximum Gasteiger partial charge on any atom is 0.158 e. The van der Waals surface area contributed by atoms with E-state index in [1.54, 1.807) is 0 Å². The van der Waals surface area contributed by atoms with Crippen LogP contribution in [0.15, 0.2) is 0 Å². The maximum absolute atomic E-state index is 12.1. The summed E-state index contributed by atoms with van der Waals surface area (Å²) in [5.41, 5.74) is -0.118. The van der Waals surface area contributed by atoms with Crippen LogP contribution < -0.4 is 0 Å². The normalized spacial score (nSPS) is 58.9. The second-order valence-electron chi connectivity index (χ2n) is 9.10. The van der Waals surface area contributed by atoms with Crippen LogP contribution in [0, 0.1) is 34.5 Å². The minimum absolute atomic E-state index is 0.0141. The first-order valence-corrected chi connectivity index (χ1v) is 9.37. The molecule has 0 aromatic heterocycles. The fourth-order valence-corrected chi connectivity index (χ4v) is 6.77. The van der Waals surface area contributed by atoms with Gasteiger partial charge in [0.1, 0.15) is 6.29 Å². The molecule has 0 radical (unpaired) electrons. The van der Waals surface area contributed by atoms with E-state index in [4.69, 9.17) is 4.74 Å². The molecule has 4 nitrogen and oxygen atoms in total. The number of aliphatic hydroxyl groups excluding tert-OH is 2. The maximum atomic E-state index is 12.1. The molecule has 0 aromatic carbocycles. The van der Waals surface area contributed by atoms with Crippen molar-refractivity contribution < 1.29 is 19.7 Å². The van der Waals surface area contributed by atoms with Gasteiger partial charge >= 0.3 is 0 Å². The van der Waals surface area contributed by atoms with E-state index in [9.17, 15) is 15.0 Å². The third-order valence-electron chi connectivity index (χ3n) is 8.33. The predicted octanol–water partition coefficient (Wildman–Crippen LogP) is 2.51. The van der Waals surface area contributed by atoms with E-state index >= 15 is 0 Å². The zero-order valence-electron chi connectivity index (χ0n) is 14.3. The number of rotatable bonds is 2. The summed E-state index contributed by atoms with van der Waals surface area (Å²) in [6.07, 6.45) is 7.19. The Balaban J connectivity index is 1.65. The van der Waals surface area contributed by atoms with E-state index in [1.165, 1.54) is 6.29 Å². The first-order valence-electron chi connectivity index (χ1n) is 9.37. The number of hydrogen-bond acceptors (Lipinski definition) is 4. The Hall–Kier alpha value is -0.450. The minimum atomic E-state index is -0.665. The van der Waals surface area contributed by atoms with Gasteiger partial charge in [0, 0.05) is 11.8 Å². The fourth-order valence-electron chi connectivity index (χ4n) is 6.77. The lowest BCUT2D eigenvalue weighted by atomic mass is 9.50. The van der Waals surface area contributed by atoms with Gasteiger partial charge in [0.2, 0.25) is 0 Å². The largest absolute Gasteiger partial charge is 0.393 e. The van der Waals surface area contributed by atoms with E-state index in [2.05, 4.69) is 13.8 Å². The predicted molar refractivity (Wildman–Crippen MR) is 85.4 cm³/mol. The molecule has 4 aliphatic rings. The average Bonchev–Trinajstić information content (AvgIpc) is 3.01. The second-order valence-corrected chi connectivity index (χ2v) is 9.10. The van der Waals surface area contributed by atoms with E-state index in [0.717, 1.165) is 44.9 Å². The summed E-state index contributed by atoms with van der Waals surface area (Å²) in [5, 5.41) is 20.8. The molecule has 2 N–H and O–H groups in total. The molecular formula is C19H30O4. The first-order chi connectivity index (χ1) is 10.9. The Morgan fingerprint density at radius 2 is 1.65 bits per heavy atom. The Labute approximate surface area is 138 Å². The average molecular weight is 322 g/mol. The van der Waals surface area contributed by atoms with Crippen LogP contribution in [0.3, 0.4) is 0 Å². The summed E-state index contributed by atoms with van der Waals surface area (Å²) in [7, 11) is 0. The highest BCUT2D eigenvalue weighted by Gasteiger charge is 2.60. The summed E-state index contributed by atoms with van der Waals surface area (Å²) in [6, 6.07) is 0. The zero-order valence-corrected chi connectivity index (χ0v) is 14.3. The third kappa shape index (κ3) is 2.11.